The van der Waals surface area contributed by atoms with Crippen LogP contribution in [0.4, 0.5) is 0 Å². The highest BCUT2D eigenvalue weighted by Gasteiger charge is 2.19. The Balaban J connectivity index is 2.76. The van der Waals surface area contributed by atoms with Gasteiger partial charge in [0.1, 0.15) is 6.33 Å². The Morgan fingerprint density at radius 2 is 2.12 bits per heavy atom. The van der Waals surface area contributed by atoms with E-state index in [2.05, 4.69) is 30.7 Å². The molecule has 0 atom stereocenters. The molecule has 88 valence electrons. The maximum Gasteiger partial charge on any atom is 0.303 e. The minimum atomic E-state index is -0.755. The van der Waals surface area contributed by atoms with Crippen LogP contribution in [-0.2, 0) is 16.6 Å². The number of hydrogen-bond acceptors (Lipinski definition) is 3. The van der Waals surface area contributed by atoms with Crippen LogP contribution in [0, 0.1) is 0 Å². The monoisotopic (exact) mass is 222 g/mol. The van der Waals surface area contributed by atoms with Crippen LogP contribution in [0.2, 0.25) is 0 Å². The van der Waals surface area contributed by atoms with Gasteiger partial charge in [0.05, 0.1) is 5.69 Å². The molecule has 1 heterocycles. The van der Waals surface area contributed by atoms with Gasteiger partial charge in [-0.2, -0.15) is 0 Å². The van der Waals surface area contributed by atoms with Crippen molar-refractivity contribution in [3.8, 4) is 0 Å². The third-order valence-electron chi connectivity index (χ3n) is 2.34. The van der Waals surface area contributed by atoms with Gasteiger partial charge in [0, 0.05) is 18.0 Å². The van der Waals surface area contributed by atoms with Crippen molar-refractivity contribution in [2.24, 2.45) is 0 Å². The first-order valence-corrected chi connectivity index (χ1v) is 5.42. The van der Waals surface area contributed by atoms with Crippen molar-refractivity contribution >= 4 is 5.97 Å². The summed E-state index contributed by atoms with van der Waals surface area (Å²) in [4.78, 5) is 18.7. The number of carboxylic acid groups (broad SMARTS) is 1. The van der Waals surface area contributed by atoms with Gasteiger partial charge < -0.3 is 5.11 Å². The van der Waals surface area contributed by atoms with Gasteiger partial charge in [-0.15, -0.1) is 0 Å². The molecule has 1 N–H and O–H groups in total. The average molecular weight is 222 g/mol. The molecule has 0 saturated heterocycles. The summed E-state index contributed by atoms with van der Waals surface area (Å²) in [6.07, 6.45) is 4.88. The van der Waals surface area contributed by atoms with Gasteiger partial charge in [0.2, 0.25) is 0 Å². The van der Waals surface area contributed by atoms with Crippen molar-refractivity contribution in [3.63, 3.8) is 0 Å². The summed E-state index contributed by atoms with van der Waals surface area (Å²) in [6.45, 7) is 6.28. The number of aromatic nitrogens is 2. The van der Waals surface area contributed by atoms with Gasteiger partial charge >= 0.3 is 5.97 Å². The van der Waals surface area contributed by atoms with E-state index in [1.54, 1.807) is 12.5 Å². The Morgan fingerprint density at radius 3 is 2.69 bits per heavy atom. The molecule has 0 spiro atoms. The van der Waals surface area contributed by atoms with E-state index in [-0.39, 0.29) is 11.8 Å². The zero-order valence-corrected chi connectivity index (χ0v) is 10.0. The molecule has 1 rings (SSSR count). The molecule has 0 aliphatic carbocycles. The van der Waals surface area contributed by atoms with Gasteiger partial charge in [-0.1, -0.05) is 20.8 Å². The summed E-state index contributed by atoms with van der Waals surface area (Å²) in [5.74, 6) is -0.755. The van der Waals surface area contributed by atoms with Crippen LogP contribution in [0.1, 0.15) is 44.9 Å². The Morgan fingerprint density at radius 1 is 1.44 bits per heavy atom. The topological polar surface area (TPSA) is 63.1 Å². The molecule has 4 nitrogen and oxygen atoms in total. The molecule has 0 saturated carbocycles. The number of rotatable bonds is 4. The number of hydrogen-bond donors (Lipinski definition) is 1. The maximum absolute atomic E-state index is 10.4. The predicted molar refractivity (Wildman–Crippen MR) is 61.3 cm³/mol. The zero-order chi connectivity index (χ0) is 12.2. The second-order valence-corrected chi connectivity index (χ2v) is 4.89. The van der Waals surface area contributed by atoms with Crippen molar-refractivity contribution in [2.45, 2.75) is 45.4 Å². The molecule has 1 aromatic heterocycles. The lowest BCUT2D eigenvalue weighted by Gasteiger charge is -2.20. The van der Waals surface area contributed by atoms with E-state index in [0.29, 0.717) is 6.42 Å². The average Bonchev–Trinajstić information content (AvgIpc) is 2.16. The highest BCUT2D eigenvalue weighted by Crippen LogP contribution is 2.23. The smallest absolute Gasteiger partial charge is 0.303 e. The molecule has 1 aromatic rings. The molecule has 0 amide bonds. The fraction of sp³-hybridized carbons (Fsp3) is 0.583. The molecule has 0 aliphatic heterocycles. The standard InChI is InChI=1S/C12H18N2O2/c1-12(2,3)11-9(7-13-8-14-11)5-4-6-10(15)16/h7-8H,4-6H2,1-3H3,(H,15,16). The quantitative estimate of drug-likeness (QED) is 0.848. The van der Waals surface area contributed by atoms with Gasteiger partial charge in [-0.25, -0.2) is 9.97 Å². The third kappa shape index (κ3) is 3.61. The Kier molecular flexibility index (Phi) is 3.99. The van der Waals surface area contributed by atoms with Crippen LogP contribution in [-0.4, -0.2) is 21.0 Å². The van der Waals surface area contributed by atoms with Crippen LogP contribution < -0.4 is 0 Å². The first-order valence-electron chi connectivity index (χ1n) is 5.42. The summed E-state index contributed by atoms with van der Waals surface area (Å²) in [6, 6.07) is 0. The lowest BCUT2D eigenvalue weighted by molar-refractivity contribution is -0.137. The van der Waals surface area contributed by atoms with Gasteiger partial charge in [-0.05, 0) is 18.4 Å². The molecule has 0 fully saturated rings. The maximum atomic E-state index is 10.4. The van der Waals surface area contributed by atoms with E-state index in [4.69, 9.17) is 5.11 Å². The second-order valence-electron chi connectivity index (χ2n) is 4.89. The summed E-state index contributed by atoms with van der Waals surface area (Å²) in [7, 11) is 0. The van der Waals surface area contributed by atoms with Gasteiger partial charge in [0.15, 0.2) is 0 Å². The van der Waals surface area contributed by atoms with Gasteiger partial charge in [0.25, 0.3) is 0 Å². The largest absolute Gasteiger partial charge is 0.481 e. The predicted octanol–water partition coefficient (Wildman–Crippen LogP) is 2.18. The first-order chi connectivity index (χ1) is 7.41. The second kappa shape index (κ2) is 5.05. The number of aryl methyl sites for hydroxylation is 1. The fourth-order valence-electron chi connectivity index (χ4n) is 1.65. The van der Waals surface area contributed by atoms with Crippen LogP contribution in [0.25, 0.3) is 0 Å². The molecule has 4 heteroatoms. The molecular weight excluding hydrogens is 204 g/mol. The summed E-state index contributed by atoms with van der Waals surface area (Å²) < 4.78 is 0. The highest BCUT2D eigenvalue weighted by atomic mass is 16.4. The molecular formula is C12H18N2O2. The minimum Gasteiger partial charge on any atom is -0.481 e. The van der Waals surface area contributed by atoms with E-state index >= 15 is 0 Å². The molecule has 16 heavy (non-hydrogen) atoms. The molecule has 0 aliphatic rings. The Bertz CT molecular complexity index is 370. The van der Waals surface area contributed by atoms with E-state index in [0.717, 1.165) is 17.7 Å². The lowest BCUT2D eigenvalue weighted by atomic mass is 9.87. The molecule has 0 aromatic carbocycles. The van der Waals surface area contributed by atoms with Crippen molar-refractivity contribution in [1.29, 1.82) is 0 Å². The van der Waals surface area contributed by atoms with Crippen LogP contribution in [0.5, 0.6) is 0 Å². The number of carbonyl (C=O) groups is 1. The SMILES string of the molecule is CC(C)(C)c1ncncc1CCCC(=O)O. The zero-order valence-electron chi connectivity index (χ0n) is 10.0. The van der Waals surface area contributed by atoms with Crippen molar-refractivity contribution in [1.82, 2.24) is 9.97 Å². The fourth-order valence-corrected chi connectivity index (χ4v) is 1.65. The van der Waals surface area contributed by atoms with E-state index in [1.165, 1.54) is 0 Å². The van der Waals surface area contributed by atoms with Crippen molar-refractivity contribution in [2.75, 3.05) is 0 Å². The first kappa shape index (κ1) is 12.6. The lowest BCUT2D eigenvalue weighted by Crippen LogP contribution is -2.17. The number of carboxylic acids is 1. The highest BCUT2D eigenvalue weighted by molar-refractivity contribution is 5.66. The normalized spacial score (nSPS) is 11.4. The molecule has 0 radical (unpaired) electrons. The number of aliphatic carboxylic acids is 1. The van der Waals surface area contributed by atoms with Crippen molar-refractivity contribution in [3.05, 3.63) is 23.8 Å². The molecule has 0 unspecified atom stereocenters. The van der Waals surface area contributed by atoms with E-state index in [1.807, 2.05) is 0 Å². The van der Waals surface area contributed by atoms with E-state index in [9.17, 15) is 4.79 Å². The Labute approximate surface area is 95.7 Å². The summed E-state index contributed by atoms with van der Waals surface area (Å²) in [5, 5.41) is 8.59. The van der Waals surface area contributed by atoms with Gasteiger partial charge in [-0.3, -0.25) is 4.79 Å². The Hall–Kier alpha value is -1.45. The summed E-state index contributed by atoms with van der Waals surface area (Å²) in [5.41, 5.74) is 2.03. The van der Waals surface area contributed by atoms with Crippen LogP contribution in [0.3, 0.4) is 0 Å². The third-order valence-corrected chi connectivity index (χ3v) is 2.34. The van der Waals surface area contributed by atoms with E-state index < -0.39 is 5.97 Å². The molecule has 0 bridgehead atoms. The van der Waals surface area contributed by atoms with Crippen LogP contribution in [0.15, 0.2) is 12.5 Å². The minimum absolute atomic E-state index is 0.0263. The van der Waals surface area contributed by atoms with Crippen molar-refractivity contribution < 1.29 is 9.90 Å². The number of nitrogens with zero attached hydrogens (tertiary/aromatic N) is 2. The van der Waals surface area contributed by atoms with Crippen LogP contribution >= 0.6 is 0 Å². The summed E-state index contributed by atoms with van der Waals surface area (Å²) >= 11 is 0.